The maximum absolute atomic E-state index is 9.09. The van der Waals surface area contributed by atoms with Gasteiger partial charge in [0.25, 0.3) is 0 Å². The monoisotopic (exact) mass is 135 g/mol. The predicted octanol–water partition coefficient (Wildman–Crippen LogP) is 0.615. The number of aromatic nitrogens is 3. The minimum atomic E-state index is 0.164. The van der Waals surface area contributed by atoms with Crippen molar-refractivity contribution in [3.05, 3.63) is 18.7 Å². The summed E-state index contributed by atoms with van der Waals surface area (Å²) in [5.41, 5.74) is 1.31. The van der Waals surface area contributed by atoms with Crippen molar-refractivity contribution in [2.45, 2.75) is 0 Å². The third-order valence-electron chi connectivity index (χ3n) is 1.32. The van der Waals surface area contributed by atoms with Crippen molar-refractivity contribution in [3.8, 4) is 17.1 Å². The molecule has 2 N–H and O–H groups in total. The Morgan fingerprint density at radius 1 is 1.40 bits per heavy atom. The maximum atomic E-state index is 9.09. The van der Waals surface area contributed by atoms with Crippen molar-refractivity contribution in [1.82, 2.24) is 15.0 Å². The van der Waals surface area contributed by atoms with Crippen LogP contribution in [0.1, 0.15) is 0 Å². The van der Waals surface area contributed by atoms with Crippen molar-refractivity contribution in [2.24, 2.45) is 0 Å². The van der Waals surface area contributed by atoms with E-state index in [1.54, 1.807) is 6.20 Å². The number of H-pyrrole nitrogens is 1. The molecule has 2 heterocycles. The zero-order valence-corrected chi connectivity index (χ0v) is 5.07. The van der Waals surface area contributed by atoms with Crippen LogP contribution in [0.5, 0.6) is 5.75 Å². The molecule has 2 aliphatic rings. The number of rotatable bonds is 0. The molecule has 0 unspecified atom stereocenters. The van der Waals surface area contributed by atoms with E-state index < -0.39 is 0 Å². The van der Waals surface area contributed by atoms with E-state index in [1.807, 2.05) is 0 Å². The van der Waals surface area contributed by atoms with Crippen LogP contribution in [-0.2, 0) is 0 Å². The average molecular weight is 135 g/mol. The highest BCUT2D eigenvalue weighted by Crippen LogP contribution is 2.25. The minimum absolute atomic E-state index is 0.164. The number of aromatic amines is 1. The van der Waals surface area contributed by atoms with Crippen LogP contribution in [0.2, 0.25) is 0 Å². The first kappa shape index (κ1) is 5.22. The smallest absolute Gasteiger partial charge is 0.159 e. The molecule has 0 saturated carbocycles. The summed E-state index contributed by atoms with van der Waals surface area (Å²) in [7, 11) is 0. The second-order valence-electron chi connectivity index (χ2n) is 1.96. The lowest BCUT2D eigenvalue weighted by molar-refractivity contribution is 0.476. The fraction of sp³-hybridized carbons (Fsp3) is 0. The molecule has 10 heavy (non-hydrogen) atoms. The van der Waals surface area contributed by atoms with Crippen LogP contribution >= 0.6 is 0 Å². The van der Waals surface area contributed by atoms with Gasteiger partial charge in [0.05, 0.1) is 18.7 Å². The first-order valence-electron chi connectivity index (χ1n) is 2.84. The number of fused-ring (bicyclic) bond motifs is 1. The van der Waals surface area contributed by atoms with Gasteiger partial charge >= 0.3 is 0 Å². The summed E-state index contributed by atoms with van der Waals surface area (Å²) in [5.74, 6) is 0.164. The first-order valence-corrected chi connectivity index (χ1v) is 2.84. The molecule has 0 bridgehead atoms. The van der Waals surface area contributed by atoms with Crippen LogP contribution in [0.4, 0.5) is 0 Å². The van der Waals surface area contributed by atoms with E-state index in [9.17, 15) is 0 Å². The fourth-order valence-corrected chi connectivity index (χ4v) is 0.846. The van der Waals surface area contributed by atoms with Crippen LogP contribution in [0.25, 0.3) is 11.4 Å². The van der Waals surface area contributed by atoms with Crippen molar-refractivity contribution in [1.29, 1.82) is 0 Å². The lowest BCUT2D eigenvalue weighted by atomic mass is 10.3. The summed E-state index contributed by atoms with van der Waals surface area (Å²) in [6, 6.07) is 0. The Morgan fingerprint density at radius 3 is 3.10 bits per heavy atom. The van der Waals surface area contributed by atoms with E-state index in [4.69, 9.17) is 5.11 Å². The van der Waals surface area contributed by atoms with Gasteiger partial charge in [-0.05, 0) is 0 Å². The summed E-state index contributed by atoms with van der Waals surface area (Å²) in [5, 5.41) is 9.09. The second-order valence-corrected chi connectivity index (χ2v) is 1.96. The van der Waals surface area contributed by atoms with Gasteiger partial charge < -0.3 is 10.1 Å². The standard InChI is InChI=1S/C6H5N3O/c10-5-2-8-4-1-7-3-9-6(4)5/h1-3,10H,(H,7,9). The Balaban J connectivity index is 2.78. The summed E-state index contributed by atoms with van der Waals surface area (Å²) in [6.07, 6.45) is 4.48. The topological polar surface area (TPSA) is 61.8 Å². The Bertz CT molecular complexity index is 317. The Kier molecular flexibility index (Phi) is 0.887. The molecule has 2 aliphatic heterocycles. The Labute approximate surface area is 56.9 Å². The highest BCUT2D eigenvalue weighted by Gasteiger charge is 2.08. The normalized spacial score (nSPS) is 10.4. The Hall–Kier alpha value is -1.58. The molecule has 0 atom stereocenters. The zero-order chi connectivity index (χ0) is 6.97. The van der Waals surface area contributed by atoms with E-state index in [0.717, 1.165) is 0 Å². The molecular formula is C6H5N3O. The zero-order valence-electron chi connectivity index (χ0n) is 5.07. The molecule has 4 heteroatoms. The third kappa shape index (κ3) is 0.556. The van der Waals surface area contributed by atoms with Crippen molar-refractivity contribution in [2.75, 3.05) is 0 Å². The number of hydrogen-bond acceptors (Lipinski definition) is 3. The molecule has 0 amide bonds. The quantitative estimate of drug-likeness (QED) is 0.556. The van der Waals surface area contributed by atoms with Gasteiger partial charge in [-0.15, -0.1) is 0 Å². The second kappa shape index (κ2) is 1.70. The van der Waals surface area contributed by atoms with Gasteiger partial charge in [0, 0.05) is 0 Å². The summed E-state index contributed by atoms with van der Waals surface area (Å²) in [4.78, 5) is 10.4. The van der Waals surface area contributed by atoms with Crippen LogP contribution < -0.4 is 0 Å². The molecule has 0 aromatic heterocycles. The molecule has 0 aliphatic carbocycles. The van der Waals surface area contributed by atoms with Crippen LogP contribution in [-0.4, -0.2) is 20.1 Å². The number of hydrogen-bond donors (Lipinski definition) is 2. The van der Waals surface area contributed by atoms with Gasteiger partial charge in [0.2, 0.25) is 0 Å². The van der Waals surface area contributed by atoms with Gasteiger partial charge in [0.1, 0.15) is 11.4 Å². The third-order valence-corrected chi connectivity index (χ3v) is 1.32. The summed E-state index contributed by atoms with van der Waals surface area (Å²) >= 11 is 0. The number of nitrogens with one attached hydrogen (secondary N) is 1. The molecule has 0 saturated heterocycles. The lowest BCUT2D eigenvalue weighted by Gasteiger charge is -1.93. The fourth-order valence-electron chi connectivity index (χ4n) is 0.846. The van der Waals surface area contributed by atoms with Crippen LogP contribution in [0.15, 0.2) is 18.7 Å². The van der Waals surface area contributed by atoms with E-state index in [0.29, 0.717) is 11.4 Å². The van der Waals surface area contributed by atoms with Crippen molar-refractivity contribution in [3.63, 3.8) is 0 Å². The molecule has 4 nitrogen and oxygen atoms in total. The molecular weight excluding hydrogens is 130 g/mol. The largest absolute Gasteiger partial charge is 0.504 e. The van der Waals surface area contributed by atoms with Crippen molar-refractivity contribution < 1.29 is 5.11 Å². The first-order chi connectivity index (χ1) is 4.88. The lowest BCUT2D eigenvalue weighted by Crippen LogP contribution is -1.82. The highest BCUT2D eigenvalue weighted by atomic mass is 16.3. The predicted molar refractivity (Wildman–Crippen MR) is 34.7 cm³/mol. The van der Waals surface area contributed by atoms with Crippen molar-refractivity contribution >= 4 is 0 Å². The average Bonchev–Trinajstić information content (AvgIpc) is 2.34. The minimum Gasteiger partial charge on any atom is -0.504 e. The van der Waals surface area contributed by atoms with E-state index in [2.05, 4.69) is 15.0 Å². The number of nitrogens with zero attached hydrogens (tertiary/aromatic N) is 2. The molecule has 0 aromatic carbocycles. The van der Waals surface area contributed by atoms with Crippen LogP contribution in [0.3, 0.4) is 0 Å². The summed E-state index contributed by atoms with van der Waals surface area (Å²) < 4.78 is 0. The van der Waals surface area contributed by atoms with E-state index in [1.165, 1.54) is 12.5 Å². The Morgan fingerprint density at radius 2 is 2.30 bits per heavy atom. The number of aromatic hydroxyl groups is 1. The summed E-state index contributed by atoms with van der Waals surface area (Å²) in [6.45, 7) is 0. The molecule has 0 fully saturated rings. The maximum Gasteiger partial charge on any atom is 0.159 e. The van der Waals surface area contributed by atoms with E-state index in [-0.39, 0.29) is 5.75 Å². The van der Waals surface area contributed by atoms with E-state index >= 15 is 0 Å². The molecule has 0 aromatic rings. The molecule has 2 rings (SSSR count). The van der Waals surface area contributed by atoms with Gasteiger partial charge in [0.15, 0.2) is 5.75 Å². The molecule has 0 radical (unpaired) electrons. The highest BCUT2D eigenvalue weighted by molar-refractivity contribution is 5.62. The van der Waals surface area contributed by atoms with Gasteiger partial charge in [-0.3, -0.25) is 0 Å². The molecule has 50 valence electrons. The van der Waals surface area contributed by atoms with Gasteiger partial charge in [-0.25, -0.2) is 9.97 Å². The molecule has 0 spiro atoms. The SMILES string of the molecule is Oc1cnc2cnc[nH]c1-2. The van der Waals surface area contributed by atoms with Gasteiger partial charge in [-0.1, -0.05) is 0 Å². The van der Waals surface area contributed by atoms with Gasteiger partial charge in [-0.2, -0.15) is 0 Å². The van der Waals surface area contributed by atoms with Crippen LogP contribution in [0, 0.1) is 0 Å².